The van der Waals surface area contributed by atoms with Gasteiger partial charge in [0.05, 0.1) is 22.6 Å². The SMILES string of the molecule is COC(=O)[C@H](CSC(c1ccccc1)(c1ccccc1)c1ccccc1)NCC(C(C)C)N(CCNC(=O)OC(C)(C)C)C[C@H](CSC(c1ccccc1)(c1ccccc1)c1ccccc1)NC(=O)OCC1c2ccccc2-c2ccccc21. The first-order valence-electron chi connectivity index (χ1n) is 29.1. The lowest BCUT2D eigenvalue weighted by atomic mass is 9.84. The number of nitrogens with one attached hydrogen (secondary N) is 3. The highest BCUT2D eigenvalue weighted by atomic mass is 32.2. The highest BCUT2D eigenvalue weighted by Crippen LogP contribution is 2.50. The predicted octanol–water partition coefficient (Wildman–Crippen LogP) is 14.3. The van der Waals surface area contributed by atoms with E-state index in [1.807, 2.05) is 81.4 Å². The number of nitrogens with zero attached hydrogens (tertiary/aromatic N) is 1. The number of esters is 1. The molecule has 3 N–H and O–H groups in total. The highest BCUT2D eigenvalue weighted by Gasteiger charge is 2.41. The van der Waals surface area contributed by atoms with Gasteiger partial charge in [-0.3, -0.25) is 9.69 Å². The molecule has 0 heterocycles. The molecule has 0 spiro atoms. The van der Waals surface area contributed by atoms with Crippen LogP contribution >= 0.6 is 23.5 Å². The maximum absolute atomic E-state index is 14.8. The van der Waals surface area contributed by atoms with Crippen molar-refractivity contribution in [2.75, 3.05) is 51.4 Å². The number of amides is 2. The number of hydrogen-bond acceptors (Lipinski definition) is 10. The Bertz CT molecular complexity index is 3110. The first kappa shape index (κ1) is 61.0. The Balaban J connectivity index is 1.06. The number of alkyl carbamates (subject to hydrolysis) is 2. The molecule has 0 aliphatic heterocycles. The molecule has 0 saturated heterocycles. The van der Waals surface area contributed by atoms with Crippen LogP contribution in [0.15, 0.2) is 231 Å². The molecular formula is C72H78N4O6S2. The van der Waals surface area contributed by atoms with E-state index >= 15 is 0 Å². The van der Waals surface area contributed by atoms with E-state index in [0.717, 1.165) is 55.6 Å². The van der Waals surface area contributed by atoms with Crippen molar-refractivity contribution in [3.05, 3.63) is 275 Å². The van der Waals surface area contributed by atoms with Gasteiger partial charge in [-0.2, -0.15) is 0 Å². The molecule has 1 unspecified atom stereocenters. The Morgan fingerprint density at radius 1 is 0.536 bits per heavy atom. The fourth-order valence-corrected chi connectivity index (χ4v) is 14.7. The maximum atomic E-state index is 14.8. The van der Waals surface area contributed by atoms with Crippen LogP contribution < -0.4 is 16.0 Å². The number of hydrogen-bond donors (Lipinski definition) is 3. The van der Waals surface area contributed by atoms with Gasteiger partial charge < -0.3 is 30.2 Å². The predicted molar refractivity (Wildman–Crippen MR) is 344 cm³/mol. The van der Waals surface area contributed by atoms with Crippen LogP contribution in [0.3, 0.4) is 0 Å². The minimum atomic E-state index is -0.730. The minimum absolute atomic E-state index is 0.0156. The molecule has 12 heteroatoms. The standard InChI is InChI=1S/C72H78N4O6S2/c1-52(2)66(47-74-65(67(77)80-6)51-84-72(56-35-19-10-20-36-56,57-37-21-11-22-38-57)58-39-23-12-24-40-58)76(46-45-73-68(78)82-70(3,4)5)48-59(75-69(79)81-49-64-62-43-27-25-41-60(62)61-42-26-28-44-63(61)64)50-83-71(53-29-13-7-14-30-53,54-31-15-8-16-32-54)55-33-17-9-18-34-55/h7-44,52,59,64-66,74H,45-51H2,1-6H3,(H,73,78)(H,75,79)/t59-,65+,66?/m1/s1. The van der Waals surface area contributed by atoms with E-state index in [4.69, 9.17) is 14.2 Å². The molecular weight excluding hydrogens is 1080 g/mol. The van der Waals surface area contributed by atoms with Crippen molar-refractivity contribution in [1.82, 2.24) is 20.9 Å². The van der Waals surface area contributed by atoms with Crippen LogP contribution in [0.2, 0.25) is 0 Å². The average molecular weight is 1160 g/mol. The highest BCUT2D eigenvalue weighted by molar-refractivity contribution is 8.01. The molecule has 1 aliphatic rings. The van der Waals surface area contributed by atoms with Crippen molar-refractivity contribution >= 4 is 41.7 Å². The van der Waals surface area contributed by atoms with Crippen molar-refractivity contribution in [3.8, 4) is 11.1 Å². The number of carbonyl (C=O) groups is 3. The van der Waals surface area contributed by atoms with E-state index < -0.39 is 39.4 Å². The Kier molecular flexibility index (Phi) is 20.9. The lowest BCUT2D eigenvalue weighted by Gasteiger charge is -2.40. The summed E-state index contributed by atoms with van der Waals surface area (Å²) in [5.41, 5.74) is 10.4. The number of benzene rings is 8. The van der Waals surface area contributed by atoms with E-state index in [1.165, 1.54) is 7.11 Å². The van der Waals surface area contributed by atoms with Gasteiger partial charge in [-0.15, -0.1) is 23.5 Å². The molecule has 9 rings (SSSR count). The average Bonchev–Trinajstić information content (AvgIpc) is 3.98. The number of rotatable bonds is 26. The lowest BCUT2D eigenvalue weighted by Crippen LogP contribution is -2.56. The molecule has 2 amide bonds. The zero-order chi connectivity index (χ0) is 58.9. The lowest BCUT2D eigenvalue weighted by molar-refractivity contribution is -0.142. The third kappa shape index (κ3) is 14.6. The summed E-state index contributed by atoms with van der Waals surface area (Å²) >= 11 is 3.46. The van der Waals surface area contributed by atoms with Crippen LogP contribution in [0.5, 0.6) is 0 Å². The summed E-state index contributed by atoms with van der Waals surface area (Å²) < 4.78 is 16.3. The van der Waals surface area contributed by atoms with Gasteiger partial charge >= 0.3 is 18.2 Å². The Morgan fingerprint density at radius 2 is 0.929 bits per heavy atom. The van der Waals surface area contributed by atoms with Crippen LogP contribution in [0, 0.1) is 5.92 Å². The Hall–Kier alpha value is -7.61. The molecule has 10 nitrogen and oxygen atoms in total. The first-order valence-corrected chi connectivity index (χ1v) is 31.0. The summed E-state index contributed by atoms with van der Waals surface area (Å²) in [5.74, 6) is 0.306. The van der Waals surface area contributed by atoms with Crippen LogP contribution in [-0.2, 0) is 28.5 Å². The normalized spacial score (nSPS) is 13.5. The monoisotopic (exact) mass is 1160 g/mol. The van der Waals surface area contributed by atoms with Crippen LogP contribution in [0.1, 0.15) is 85.0 Å². The van der Waals surface area contributed by atoms with Crippen molar-refractivity contribution in [3.63, 3.8) is 0 Å². The smallest absolute Gasteiger partial charge is 0.407 e. The summed E-state index contributed by atoms with van der Waals surface area (Å²) in [6.07, 6.45) is -1.05. The summed E-state index contributed by atoms with van der Waals surface area (Å²) in [6, 6.07) is 78.2. The molecule has 8 aromatic carbocycles. The van der Waals surface area contributed by atoms with Gasteiger partial charge in [0.15, 0.2) is 0 Å². The van der Waals surface area contributed by atoms with Crippen molar-refractivity contribution in [2.24, 2.45) is 5.92 Å². The second kappa shape index (κ2) is 28.8. The molecule has 434 valence electrons. The molecule has 0 aromatic heterocycles. The zero-order valence-electron chi connectivity index (χ0n) is 49.0. The van der Waals surface area contributed by atoms with E-state index in [-0.39, 0.29) is 37.0 Å². The van der Waals surface area contributed by atoms with Crippen molar-refractivity contribution < 1.29 is 28.6 Å². The molecule has 3 atom stereocenters. The van der Waals surface area contributed by atoms with Gasteiger partial charge in [0.25, 0.3) is 0 Å². The number of fused-ring (bicyclic) bond motifs is 3. The van der Waals surface area contributed by atoms with E-state index in [9.17, 15) is 14.4 Å². The largest absolute Gasteiger partial charge is 0.468 e. The second-order valence-electron chi connectivity index (χ2n) is 22.6. The molecule has 0 radical (unpaired) electrons. The maximum Gasteiger partial charge on any atom is 0.407 e. The van der Waals surface area contributed by atoms with Crippen molar-refractivity contribution in [1.29, 1.82) is 0 Å². The molecule has 0 fully saturated rings. The summed E-state index contributed by atoms with van der Waals surface area (Å²) in [4.78, 5) is 44.7. The third-order valence-electron chi connectivity index (χ3n) is 15.5. The number of ether oxygens (including phenoxy) is 3. The second-order valence-corrected chi connectivity index (χ2v) is 25.0. The molecule has 0 saturated carbocycles. The number of thioether (sulfide) groups is 2. The van der Waals surface area contributed by atoms with Gasteiger partial charge in [0, 0.05) is 49.6 Å². The summed E-state index contributed by atoms with van der Waals surface area (Å²) in [7, 11) is 1.44. The number of methoxy groups -OCH3 is 1. The van der Waals surface area contributed by atoms with Crippen LogP contribution in [0.25, 0.3) is 11.1 Å². The fraction of sp³-hybridized carbons (Fsp3) is 0.292. The Labute approximate surface area is 505 Å². The number of carbonyl (C=O) groups excluding carboxylic acids is 3. The van der Waals surface area contributed by atoms with Gasteiger partial charge in [-0.1, -0.05) is 244 Å². The van der Waals surface area contributed by atoms with Crippen LogP contribution in [-0.4, -0.2) is 98.2 Å². The Morgan fingerprint density at radius 3 is 1.32 bits per heavy atom. The van der Waals surface area contributed by atoms with E-state index in [0.29, 0.717) is 31.1 Å². The third-order valence-corrected chi connectivity index (χ3v) is 18.9. The van der Waals surface area contributed by atoms with Gasteiger partial charge in [-0.05, 0) is 82.3 Å². The summed E-state index contributed by atoms with van der Waals surface area (Å²) in [6.45, 7) is 11.4. The molecule has 84 heavy (non-hydrogen) atoms. The quantitative estimate of drug-likeness (QED) is 0.0275. The summed E-state index contributed by atoms with van der Waals surface area (Å²) in [5, 5.41) is 10.2. The zero-order valence-corrected chi connectivity index (χ0v) is 50.6. The van der Waals surface area contributed by atoms with Gasteiger partial charge in [-0.25, -0.2) is 9.59 Å². The van der Waals surface area contributed by atoms with Crippen molar-refractivity contribution in [2.45, 2.75) is 73.8 Å². The minimum Gasteiger partial charge on any atom is -0.468 e. The molecule has 0 bridgehead atoms. The van der Waals surface area contributed by atoms with Gasteiger partial charge in [0.1, 0.15) is 18.2 Å². The fourth-order valence-electron chi connectivity index (χ4n) is 11.6. The van der Waals surface area contributed by atoms with E-state index in [2.05, 4.69) is 205 Å². The first-order chi connectivity index (χ1) is 40.8. The topological polar surface area (TPSA) is 118 Å². The van der Waals surface area contributed by atoms with E-state index in [1.54, 1.807) is 23.5 Å². The molecule has 8 aromatic rings. The van der Waals surface area contributed by atoms with Crippen LogP contribution in [0.4, 0.5) is 9.59 Å². The van der Waals surface area contributed by atoms with Gasteiger partial charge in [0.2, 0.25) is 0 Å². The molecule has 1 aliphatic carbocycles.